The molecule has 1 fully saturated rings. The summed E-state index contributed by atoms with van der Waals surface area (Å²) in [6.07, 6.45) is 1.68. The van der Waals surface area contributed by atoms with Gasteiger partial charge in [0.05, 0.1) is 19.1 Å². The van der Waals surface area contributed by atoms with Crippen molar-refractivity contribution in [2.75, 3.05) is 14.2 Å². The molecule has 1 saturated heterocycles. The minimum atomic E-state index is -0.458. The van der Waals surface area contributed by atoms with Crippen molar-refractivity contribution in [1.82, 2.24) is 10.4 Å². The van der Waals surface area contributed by atoms with E-state index in [0.717, 1.165) is 22.3 Å². The molecule has 3 rings (SSSR count). The van der Waals surface area contributed by atoms with Gasteiger partial charge in [0.15, 0.2) is 15.8 Å². The fourth-order valence-corrected chi connectivity index (χ4v) is 3.73. The minimum absolute atomic E-state index is 0.235. The molecule has 1 aliphatic rings. The molecule has 2 amide bonds. The molecule has 6 nitrogen and oxygen atoms in total. The van der Waals surface area contributed by atoms with Crippen molar-refractivity contribution >= 4 is 57.8 Å². The third-order valence-electron chi connectivity index (χ3n) is 3.82. The van der Waals surface area contributed by atoms with E-state index < -0.39 is 11.8 Å². The predicted molar refractivity (Wildman–Crippen MR) is 113 cm³/mol. The maximum Gasteiger partial charge on any atom is 0.285 e. The normalized spacial score (nSPS) is 15.1. The quantitative estimate of drug-likeness (QED) is 0.568. The maximum absolute atomic E-state index is 12.7. The van der Waals surface area contributed by atoms with Crippen molar-refractivity contribution in [1.29, 1.82) is 0 Å². The van der Waals surface area contributed by atoms with Crippen molar-refractivity contribution in [3.05, 3.63) is 63.5 Å². The van der Waals surface area contributed by atoms with Crippen LogP contribution in [0.15, 0.2) is 47.4 Å². The van der Waals surface area contributed by atoms with Crippen molar-refractivity contribution in [2.45, 2.75) is 0 Å². The van der Waals surface area contributed by atoms with E-state index in [1.54, 1.807) is 55.7 Å². The number of carbonyl (C=O) groups excluding carboxylic acids is 2. The number of nitrogens with zero attached hydrogens (tertiary/aromatic N) is 1. The van der Waals surface area contributed by atoms with Crippen LogP contribution in [0.2, 0.25) is 5.02 Å². The summed E-state index contributed by atoms with van der Waals surface area (Å²) in [6, 6.07) is 11.6. The van der Waals surface area contributed by atoms with Crippen LogP contribution < -0.4 is 14.9 Å². The van der Waals surface area contributed by atoms with Crippen molar-refractivity contribution in [2.24, 2.45) is 0 Å². The van der Waals surface area contributed by atoms with E-state index in [0.29, 0.717) is 27.0 Å². The van der Waals surface area contributed by atoms with Gasteiger partial charge in [-0.3, -0.25) is 15.0 Å². The lowest BCUT2D eigenvalue weighted by atomic mass is 10.2. The Morgan fingerprint density at radius 1 is 1.14 bits per heavy atom. The minimum Gasteiger partial charge on any atom is -0.493 e. The molecule has 0 spiro atoms. The van der Waals surface area contributed by atoms with E-state index in [1.807, 2.05) is 0 Å². The third kappa shape index (κ3) is 4.30. The standard InChI is InChI=1S/C19H15ClN2O4S2/c1-25-14-8-3-11(9-15(14)26-2)10-16-18(24)22(19(27)28-16)21-17(23)12-4-6-13(20)7-5-12/h3-10H,1-2H3,(H,21,23)/b16-10+. The molecule has 2 aromatic rings. The molecule has 144 valence electrons. The molecule has 0 radical (unpaired) electrons. The van der Waals surface area contributed by atoms with Crippen molar-refractivity contribution in [3.8, 4) is 11.5 Å². The topological polar surface area (TPSA) is 67.9 Å². The summed E-state index contributed by atoms with van der Waals surface area (Å²) in [4.78, 5) is 25.4. The molecule has 1 aliphatic heterocycles. The average molecular weight is 435 g/mol. The molecule has 0 bridgehead atoms. The van der Waals surface area contributed by atoms with Gasteiger partial charge in [-0.05, 0) is 60.3 Å². The lowest BCUT2D eigenvalue weighted by Gasteiger charge is -2.15. The van der Waals surface area contributed by atoms with E-state index >= 15 is 0 Å². The fraction of sp³-hybridized carbons (Fsp3) is 0.105. The summed E-state index contributed by atoms with van der Waals surface area (Å²) in [5.41, 5.74) is 3.63. The Kier molecular flexibility index (Phi) is 6.23. The summed E-state index contributed by atoms with van der Waals surface area (Å²) in [6.45, 7) is 0. The van der Waals surface area contributed by atoms with Gasteiger partial charge < -0.3 is 9.47 Å². The molecular formula is C19H15ClN2O4S2. The lowest BCUT2D eigenvalue weighted by molar-refractivity contribution is -0.123. The number of rotatable bonds is 5. The first kappa shape index (κ1) is 20.2. The summed E-state index contributed by atoms with van der Waals surface area (Å²) >= 11 is 12.2. The van der Waals surface area contributed by atoms with E-state index in [1.165, 1.54) is 7.11 Å². The van der Waals surface area contributed by atoms with Crippen LogP contribution in [0.4, 0.5) is 0 Å². The molecule has 28 heavy (non-hydrogen) atoms. The number of hydrazine groups is 1. The number of hydrogen-bond donors (Lipinski definition) is 1. The van der Waals surface area contributed by atoms with Crippen LogP contribution in [-0.4, -0.2) is 35.4 Å². The number of thioether (sulfide) groups is 1. The lowest BCUT2D eigenvalue weighted by Crippen LogP contribution is -2.44. The molecular weight excluding hydrogens is 420 g/mol. The monoisotopic (exact) mass is 434 g/mol. The first-order valence-corrected chi connectivity index (χ1v) is 9.59. The van der Waals surface area contributed by atoms with Crippen LogP contribution in [0.1, 0.15) is 15.9 Å². The number of nitrogens with one attached hydrogen (secondary N) is 1. The Hall–Kier alpha value is -2.55. The van der Waals surface area contributed by atoms with Gasteiger partial charge in [0.25, 0.3) is 11.8 Å². The van der Waals surface area contributed by atoms with Gasteiger partial charge in [0.1, 0.15) is 0 Å². The van der Waals surface area contributed by atoms with Crippen molar-refractivity contribution in [3.63, 3.8) is 0 Å². The summed E-state index contributed by atoms with van der Waals surface area (Å²) in [5.74, 6) is 0.262. The molecule has 0 aromatic heterocycles. The zero-order valence-corrected chi connectivity index (χ0v) is 17.3. The Labute approximate surface area is 176 Å². The number of thiocarbonyl (C=S) groups is 1. The van der Waals surface area contributed by atoms with Crippen LogP contribution in [-0.2, 0) is 4.79 Å². The number of ether oxygens (including phenoxy) is 2. The van der Waals surface area contributed by atoms with E-state index in [9.17, 15) is 9.59 Å². The number of amides is 2. The molecule has 2 aromatic carbocycles. The second-order valence-corrected chi connectivity index (χ2v) is 7.69. The largest absolute Gasteiger partial charge is 0.493 e. The van der Waals surface area contributed by atoms with E-state index in [2.05, 4.69) is 5.43 Å². The number of carbonyl (C=O) groups is 2. The smallest absolute Gasteiger partial charge is 0.285 e. The number of methoxy groups -OCH3 is 2. The van der Waals surface area contributed by atoms with Gasteiger partial charge in [-0.1, -0.05) is 29.4 Å². The van der Waals surface area contributed by atoms with Gasteiger partial charge >= 0.3 is 0 Å². The second-order valence-electron chi connectivity index (χ2n) is 5.58. The zero-order chi connectivity index (χ0) is 20.3. The van der Waals surface area contributed by atoms with Crippen molar-refractivity contribution < 1.29 is 19.1 Å². The van der Waals surface area contributed by atoms with Gasteiger partial charge in [-0.25, -0.2) is 0 Å². The SMILES string of the molecule is COc1ccc(/C=C2/SC(=S)N(NC(=O)c3ccc(Cl)cc3)C2=O)cc1OC. The van der Waals surface area contributed by atoms with E-state index in [-0.39, 0.29) is 4.32 Å². The maximum atomic E-state index is 12.7. The predicted octanol–water partition coefficient (Wildman–Crippen LogP) is 3.90. The van der Waals surface area contributed by atoms with Crippen LogP contribution >= 0.6 is 35.6 Å². The average Bonchev–Trinajstić information content (AvgIpc) is 2.95. The summed E-state index contributed by atoms with van der Waals surface area (Å²) in [7, 11) is 3.08. The van der Waals surface area contributed by atoms with Crippen LogP contribution in [0.25, 0.3) is 6.08 Å². The molecule has 0 atom stereocenters. The molecule has 0 saturated carbocycles. The van der Waals surface area contributed by atoms with Crippen LogP contribution in [0.3, 0.4) is 0 Å². The summed E-state index contributed by atoms with van der Waals surface area (Å²) < 4.78 is 10.7. The number of benzene rings is 2. The molecule has 1 N–H and O–H groups in total. The van der Waals surface area contributed by atoms with Gasteiger partial charge in [-0.2, -0.15) is 5.01 Å². The van der Waals surface area contributed by atoms with Crippen LogP contribution in [0, 0.1) is 0 Å². The van der Waals surface area contributed by atoms with Gasteiger partial charge in [0, 0.05) is 10.6 Å². The fourth-order valence-electron chi connectivity index (χ4n) is 2.43. The second kappa shape index (κ2) is 8.64. The van der Waals surface area contributed by atoms with Gasteiger partial charge in [0.2, 0.25) is 0 Å². The van der Waals surface area contributed by atoms with Crippen LogP contribution in [0.5, 0.6) is 11.5 Å². The highest BCUT2D eigenvalue weighted by Crippen LogP contribution is 2.34. The number of halogens is 1. The Morgan fingerprint density at radius 3 is 2.46 bits per heavy atom. The Morgan fingerprint density at radius 2 is 1.82 bits per heavy atom. The first-order chi connectivity index (χ1) is 13.4. The molecule has 9 heteroatoms. The highest BCUT2D eigenvalue weighted by Gasteiger charge is 2.33. The molecule has 0 aliphatic carbocycles. The Bertz CT molecular complexity index is 976. The van der Waals surface area contributed by atoms with E-state index in [4.69, 9.17) is 33.3 Å². The summed E-state index contributed by atoms with van der Waals surface area (Å²) in [5, 5.41) is 1.57. The third-order valence-corrected chi connectivity index (χ3v) is 5.37. The highest BCUT2D eigenvalue weighted by molar-refractivity contribution is 8.26. The molecule has 0 unspecified atom stereocenters. The zero-order valence-electron chi connectivity index (χ0n) is 14.9. The number of hydrogen-bond acceptors (Lipinski definition) is 6. The van der Waals surface area contributed by atoms with Gasteiger partial charge in [-0.15, -0.1) is 0 Å². The molecule has 1 heterocycles. The highest BCUT2D eigenvalue weighted by atomic mass is 35.5. The first-order valence-electron chi connectivity index (χ1n) is 7.99. The Balaban J connectivity index is 1.78.